The Morgan fingerprint density at radius 1 is 1.42 bits per heavy atom. The Balaban J connectivity index is 0.000000720. The van der Waals surface area contributed by atoms with E-state index < -0.39 is 0 Å². The summed E-state index contributed by atoms with van der Waals surface area (Å²) in [6.07, 6.45) is 0. The number of nitrogen functional groups attached to an aromatic ring is 1. The second kappa shape index (κ2) is 2.91. The Morgan fingerprint density at radius 2 is 2.17 bits per heavy atom. The second-order valence-electron chi connectivity index (χ2n) is 2.31. The molecular weight excluding hydrogens is 178 g/mol. The first kappa shape index (κ1) is 8.67. The predicted octanol–water partition coefficient (Wildman–Crippen LogP) is 1.27. The van der Waals surface area contributed by atoms with Crippen LogP contribution in [-0.2, 0) is 0 Å². The first-order valence-electron chi connectivity index (χ1n) is 3.20. The lowest BCUT2D eigenvalue weighted by molar-refractivity contribution is 0.482. The van der Waals surface area contributed by atoms with E-state index in [1.165, 1.54) is 0 Å². The van der Waals surface area contributed by atoms with Crippen molar-refractivity contribution in [1.82, 2.24) is 10.2 Å². The van der Waals surface area contributed by atoms with Crippen molar-refractivity contribution >= 4 is 29.1 Å². The molecule has 0 atom stereocenters. The van der Waals surface area contributed by atoms with Gasteiger partial charge in [0.15, 0.2) is 5.82 Å². The molecule has 0 radical (unpaired) electrons. The van der Waals surface area contributed by atoms with E-state index in [-0.39, 0.29) is 18.2 Å². The van der Waals surface area contributed by atoms with Gasteiger partial charge in [-0.15, -0.1) is 12.4 Å². The molecule has 64 valence electrons. The van der Waals surface area contributed by atoms with Gasteiger partial charge in [-0.2, -0.15) is 5.10 Å². The molecular formula is C7H8ClN3O. The molecule has 0 amide bonds. The maximum Gasteiger partial charge on any atom is 0.156 e. The number of phenols is 1. The fourth-order valence-electron chi connectivity index (χ4n) is 1.08. The van der Waals surface area contributed by atoms with Crippen LogP contribution in [0.4, 0.5) is 5.82 Å². The number of aromatic hydroxyl groups is 1. The third-order valence-electron chi connectivity index (χ3n) is 1.60. The number of nitrogens with one attached hydrogen (secondary N) is 1. The Bertz CT molecular complexity index is 398. The highest BCUT2D eigenvalue weighted by molar-refractivity contribution is 5.93. The molecule has 12 heavy (non-hydrogen) atoms. The van der Waals surface area contributed by atoms with Gasteiger partial charge in [-0.1, -0.05) is 6.07 Å². The number of hydrogen-bond donors (Lipinski definition) is 3. The normalized spacial score (nSPS) is 9.67. The molecule has 5 heteroatoms. The summed E-state index contributed by atoms with van der Waals surface area (Å²) in [5, 5.41) is 16.3. The number of fused-ring (bicyclic) bond motifs is 1. The van der Waals surface area contributed by atoms with Gasteiger partial charge in [-0.05, 0) is 12.1 Å². The van der Waals surface area contributed by atoms with Gasteiger partial charge in [-0.25, -0.2) is 0 Å². The van der Waals surface area contributed by atoms with Crippen molar-refractivity contribution in [2.45, 2.75) is 0 Å². The summed E-state index contributed by atoms with van der Waals surface area (Å²) < 4.78 is 0. The van der Waals surface area contributed by atoms with Gasteiger partial charge in [0, 0.05) is 0 Å². The number of anilines is 1. The topological polar surface area (TPSA) is 74.9 Å². The molecule has 2 aromatic rings. The van der Waals surface area contributed by atoms with Crippen LogP contribution in [0.1, 0.15) is 0 Å². The van der Waals surface area contributed by atoms with Gasteiger partial charge < -0.3 is 10.8 Å². The fourth-order valence-corrected chi connectivity index (χ4v) is 1.08. The van der Waals surface area contributed by atoms with E-state index >= 15 is 0 Å². The lowest BCUT2D eigenvalue weighted by atomic mass is 10.2. The average Bonchev–Trinajstić information content (AvgIpc) is 2.34. The third-order valence-corrected chi connectivity index (χ3v) is 1.60. The smallest absolute Gasteiger partial charge is 0.156 e. The largest absolute Gasteiger partial charge is 0.507 e. The van der Waals surface area contributed by atoms with Crippen molar-refractivity contribution < 1.29 is 5.11 Å². The number of rotatable bonds is 0. The standard InChI is InChI=1S/C7H7N3O.ClH/c8-7-6-4(9-10-7)2-1-3-5(6)11;/h1-3,11H,(H3,8,9,10);1H. The minimum absolute atomic E-state index is 0. The molecule has 0 bridgehead atoms. The predicted molar refractivity (Wildman–Crippen MR) is 49.4 cm³/mol. The molecule has 4 nitrogen and oxygen atoms in total. The molecule has 0 unspecified atom stereocenters. The molecule has 0 aliphatic heterocycles. The summed E-state index contributed by atoms with van der Waals surface area (Å²) in [7, 11) is 0. The molecule has 0 aliphatic carbocycles. The van der Waals surface area contributed by atoms with Crippen LogP contribution in [0.25, 0.3) is 10.9 Å². The highest BCUT2D eigenvalue weighted by Gasteiger charge is 2.04. The molecule has 1 heterocycles. The summed E-state index contributed by atoms with van der Waals surface area (Å²) in [5.74, 6) is 0.492. The van der Waals surface area contributed by atoms with Crippen molar-refractivity contribution in [3.05, 3.63) is 18.2 Å². The van der Waals surface area contributed by atoms with Crippen molar-refractivity contribution in [2.24, 2.45) is 0 Å². The zero-order valence-corrected chi connectivity index (χ0v) is 6.93. The number of phenolic OH excluding ortho intramolecular Hbond substituents is 1. The van der Waals surface area contributed by atoms with E-state index in [1.54, 1.807) is 18.2 Å². The molecule has 0 fully saturated rings. The third kappa shape index (κ3) is 1.06. The number of H-pyrrole nitrogens is 1. The van der Waals surface area contributed by atoms with Gasteiger partial charge in [0.25, 0.3) is 0 Å². The number of nitrogens with zero attached hydrogens (tertiary/aromatic N) is 1. The summed E-state index contributed by atoms with van der Waals surface area (Å²) in [4.78, 5) is 0. The molecule has 0 aliphatic rings. The van der Waals surface area contributed by atoms with E-state index in [0.717, 1.165) is 5.52 Å². The van der Waals surface area contributed by atoms with Crippen molar-refractivity contribution in [3.63, 3.8) is 0 Å². The minimum atomic E-state index is 0. The first-order valence-corrected chi connectivity index (χ1v) is 3.20. The molecule has 0 spiro atoms. The van der Waals surface area contributed by atoms with Crippen LogP contribution < -0.4 is 5.73 Å². The number of aromatic nitrogens is 2. The van der Waals surface area contributed by atoms with Crippen LogP contribution in [0.5, 0.6) is 5.75 Å². The van der Waals surface area contributed by atoms with E-state index in [2.05, 4.69) is 10.2 Å². The number of nitrogens with two attached hydrogens (primary N) is 1. The SMILES string of the molecule is Cl.Nc1n[nH]c2cccc(O)c12. The maximum atomic E-state index is 9.30. The minimum Gasteiger partial charge on any atom is -0.507 e. The van der Waals surface area contributed by atoms with Crippen molar-refractivity contribution in [1.29, 1.82) is 0 Å². The highest BCUT2D eigenvalue weighted by atomic mass is 35.5. The number of halogens is 1. The second-order valence-corrected chi connectivity index (χ2v) is 2.31. The summed E-state index contributed by atoms with van der Waals surface area (Å²) >= 11 is 0. The molecule has 2 rings (SSSR count). The summed E-state index contributed by atoms with van der Waals surface area (Å²) in [5.41, 5.74) is 6.23. The molecule has 4 N–H and O–H groups in total. The van der Waals surface area contributed by atoms with Crippen LogP contribution >= 0.6 is 12.4 Å². The highest BCUT2D eigenvalue weighted by Crippen LogP contribution is 2.26. The van der Waals surface area contributed by atoms with Crippen LogP contribution in [-0.4, -0.2) is 15.3 Å². The van der Waals surface area contributed by atoms with E-state index in [4.69, 9.17) is 5.73 Å². The molecule has 1 aromatic heterocycles. The van der Waals surface area contributed by atoms with E-state index in [1.807, 2.05) is 0 Å². The average molecular weight is 186 g/mol. The zero-order valence-electron chi connectivity index (χ0n) is 6.11. The summed E-state index contributed by atoms with van der Waals surface area (Å²) in [6, 6.07) is 5.11. The Hall–Kier alpha value is -1.42. The van der Waals surface area contributed by atoms with Gasteiger partial charge in [-0.3, -0.25) is 5.10 Å². The summed E-state index contributed by atoms with van der Waals surface area (Å²) in [6.45, 7) is 0. The van der Waals surface area contributed by atoms with Crippen LogP contribution in [0.2, 0.25) is 0 Å². The number of hydrogen-bond acceptors (Lipinski definition) is 3. The maximum absolute atomic E-state index is 9.30. The van der Waals surface area contributed by atoms with Crippen molar-refractivity contribution in [2.75, 3.05) is 5.73 Å². The van der Waals surface area contributed by atoms with Gasteiger partial charge >= 0.3 is 0 Å². The van der Waals surface area contributed by atoms with Crippen LogP contribution in [0.15, 0.2) is 18.2 Å². The first-order chi connectivity index (χ1) is 5.29. The lowest BCUT2D eigenvalue weighted by Crippen LogP contribution is -1.83. The lowest BCUT2D eigenvalue weighted by Gasteiger charge is -1.92. The molecule has 1 aromatic carbocycles. The Labute approximate surface area is 74.8 Å². The quantitative estimate of drug-likeness (QED) is 0.579. The number of benzene rings is 1. The van der Waals surface area contributed by atoms with Crippen molar-refractivity contribution in [3.8, 4) is 5.75 Å². The van der Waals surface area contributed by atoms with Gasteiger partial charge in [0.1, 0.15) is 5.75 Å². The van der Waals surface area contributed by atoms with Crippen LogP contribution in [0, 0.1) is 0 Å². The fraction of sp³-hybridized carbons (Fsp3) is 0. The van der Waals surface area contributed by atoms with Crippen LogP contribution in [0.3, 0.4) is 0 Å². The van der Waals surface area contributed by atoms with E-state index in [9.17, 15) is 5.11 Å². The van der Waals surface area contributed by atoms with Gasteiger partial charge in [0.05, 0.1) is 10.9 Å². The monoisotopic (exact) mass is 185 g/mol. The Kier molecular flexibility index (Phi) is 2.10. The van der Waals surface area contributed by atoms with Gasteiger partial charge in [0.2, 0.25) is 0 Å². The molecule has 0 saturated heterocycles. The molecule has 0 saturated carbocycles. The Morgan fingerprint density at radius 3 is 2.83 bits per heavy atom. The number of aromatic amines is 1. The van der Waals surface area contributed by atoms with E-state index in [0.29, 0.717) is 11.2 Å². The zero-order chi connectivity index (χ0) is 7.84.